The Morgan fingerprint density at radius 1 is 1.22 bits per heavy atom. The maximum Gasteiger partial charge on any atom is 0.155 e. The Labute approximate surface area is 195 Å². The van der Waals surface area contributed by atoms with Crippen LogP contribution in [0.15, 0.2) is 34.7 Å². The second-order valence-corrected chi connectivity index (χ2v) is 12.2. The van der Waals surface area contributed by atoms with Gasteiger partial charge in [-0.05, 0) is 98.5 Å². The first kappa shape index (κ1) is 20.9. The van der Waals surface area contributed by atoms with Crippen LogP contribution in [0.4, 0.5) is 0 Å². The van der Waals surface area contributed by atoms with Crippen LogP contribution in [0.3, 0.4) is 0 Å². The van der Waals surface area contributed by atoms with Crippen LogP contribution in [0.2, 0.25) is 0 Å². The Morgan fingerprint density at radius 3 is 2.84 bits per heavy atom. The molecule has 32 heavy (non-hydrogen) atoms. The second-order valence-electron chi connectivity index (χ2n) is 10.9. The van der Waals surface area contributed by atoms with E-state index in [1.54, 1.807) is 7.11 Å². The Morgan fingerprint density at radius 2 is 2.06 bits per heavy atom. The fraction of sp³-hybridized carbons (Fsp3) is 0.607. The fourth-order valence-electron chi connectivity index (χ4n) is 8.44. The lowest BCUT2D eigenvalue weighted by molar-refractivity contribution is -0.116. The van der Waals surface area contributed by atoms with Crippen molar-refractivity contribution in [3.05, 3.63) is 35.4 Å². The first-order valence-corrected chi connectivity index (χ1v) is 12.9. The van der Waals surface area contributed by atoms with Crippen LogP contribution in [0.5, 0.6) is 5.75 Å². The minimum absolute atomic E-state index is 0.0132. The van der Waals surface area contributed by atoms with E-state index in [9.17, 15) is 9.90 Å². The van der Waals surface area contributed by atoms with Gasteiger partial charge in [-0.15, -0.1) is 17.7 Å². The molecule has 168 valence electrons. The van der Waals surface area contributed by atoms with Crippen molar-refractivity contribution in [2.75, 3.05) is 7.11 Å². The summed E-state index contributed by atoms with van der Waals surface area (Å²) in [5.41, 5.74) is 1.69. The van der Waals surface area contributed by atoms with Crippen LogP contribution in [0, 0.1) is 35.0 Å². The molecule has 6 rings (SSSR count). The van der Waals surface area contributed by atoms with E-state index >= 15 is 0 Å². The molecule has 4 aliphatic carbocycles. The van der Waals surface area contributed by atoms with Crippen LogP contribution in [-0.2, 0) is 4.79 Å². The molecule has 0 saturated heterocycles. The van der Waals surface area contributed by atoms with E-state index in [0.29, 0.717) is 35.9 Å². The van der Waals surface area contributed by atoms with Crippen LogP contribution in [-0.4, -0.2) is 28.3 Å². The van der Waals surface area contributed by atoms with Crippen molar-refractivity contribution in [3.63, 3.8) is 0 Å². The zero-order valence-electron chi connectivity index (χ0n) is 19.2. The van der Waals surface area contributed by atoms with Crippen molar-refractivity contribution < 1.29 is 14.6 Å². The second kappa shape index (κ2) is 6.90. The highest BCUT2D eigenvalue weighted by molar-refractivity contribution is 8.01. The molecule has 0 bridgehead atoms. The van der Waals surface area contributed by atoms with Gasteiger partial charge in [-0.1, -0.05) is 18.9 Å². The van der Waals surface area contributed by atoms with E-state index in [-0.39, 0.29) is 10.2 Å². The molecule has 1 aromatic carbocycles. The summed E-state index contributed by atoms with van der Waals surface area (Å²) in [6, 6.07) is 6.56. The molecule has 3 fully saturated rings. The summed E-state index contributed by atoms with van der Waals surface area (Å²) in [7, 11) is 1.73. The van der Waals surface area contributed by atoms with Gasteiger partial charge in [-0.2, -0.15) is 0 Å². The summed E-state index contributed by atoms with van der Waals surface area (Å²) < 4.78 is 5.60. The van der Waals surface area contributed by atoms with Gasteiger partial charge >= 0.3 is 0 Å². The summed E-state index contributed by atoms with van der Waals surface area (Å²) in [6.45, 7) is 4.17. The molecule has 1 heterocycles. The van der Waals surface area contributed by atoms with E-state index in [1.165, 1.54) is 16.0 Å². The van der Waals surface area contributed by atoms with E-state index in [1.807, 2.05) is 24.8 Å². The minimum atomic E-state index is -0.902. The maximum atomic E-state index is 12.4. The standard InChI is InChI=1S/C28H32O3S/c1-4-11-27(30)12-10-23-21-7-5-17-14-18(29)9-13-28(17)25(21)22(16-26(23,27)2)20-8-6-19(31-3)15-24(20)32-28/h6,8,14-15,21-23,25,30H,5,7,9-10,12-13,16H2,1-3H3/t21-,22+,23-,25?,26-,27-,28+/m0/s1. The van der Waals surface area contributed by atoms with E-state index in [0.717, 1.165) is 44.3 Å². The monoisotopic (exact) mass is 448 g/mol. The molecule has 5 aliphatic rings. The van der Waals surface area contributed by atoms with Gasteiger partial charge in [-0.3, -0.25) is 4.79 Å². The maximum absolute atomic E-state index is 12.4. The van der Waals surface area contributed by atoms with Gasteiger partial charge < -0.3 is 9.84 Å². The molecule has 7 atom stereocenters. The number of thioether (sulfide) groups is 1. The average molecular weight is 449 g/mol. The third-order valence-corrected chi connectivity index (χ3v) is 11.5. The van der Waals surface area contributed by atoms with Crippen molar-refractivity contribution in [3.8, 4) is 17.6 Å². The van der Waals surface area contributed by atoms with Gasteiger partial charge in [0.2, 0.25) is 0 Å². The molecule has 3 saturated carbocycles. The van der Waals surface area contributed by atoms with Crippen molar-refractivity contribution in [1.82, 2.24) is 0 Å². The number of carbonyl (C=O) groups excluding carboxylic acids is 1. The number of benzene rings is 1. The molecule has 1 spiro atoms. The van der Waals surface area contributed by atoms with E-state index in [4.69, 9.17) is 4.74 Å². The van der Waals surface area contributed by atoms with Crippen molar-refractivity contribution in [2.45, 2.75) is 80.0 Å². The molecule has 3 nitrogen and oxygen atoms in total. The molecule has 1 N–H and O–H groups in total. The van der Waals surface area contributed by atoms with Gasteiger partial charge in [-0.25, -0.2) is 0 Å². The number of hydrogen-bond donors (Lipinski definition) is 1. The predicted octanol–water partition coefficient (Wildman–Crippen LogP) is 5.51. The van der Waals surface area contributed by atoms with Crippen molar-refractivity contribution in [1.29, 1.82) is 0 Å². The van der Waals surface area contributed by atoms with Crippen LogP contribution >= 0.6 is 11.8 Å². The van der Waals surface area contributed by atoms with Gasteiger partial charge in [0.25, 0.3) is 0 Å². The Kier molecular flexibility index (Phi) is 4.50. The molecule has 0 amide bonds. The van der Waals surface area contributed by atoms with E-state index < -0.39 is 5.60 Å². The number of ketones is 1. The predicted molar refractivity (Wildman–Crippen MR) is 127 cm³/mol. The third kappa shape index (κ3) is 2.53. The van der Waals surface area contributed by atoms with E-state index in [2.05, 4.69) is 37.0 Å². The molecular formula is C28H32O3S. The molecule has 1 aromatic rings. The SMILES string of the molecule is CC#C[C@]1(O)CC[C@H]2[C@@H]3CCC4=CC(=O)CC[C@@]45Sc4cc(OC)ccc4[C@@H](C[C@@]21C)C35. The van der Waals surface area contributed by atoms with Crippen molar-refractivity contribution in [2.24, 2.45) is 23.2 Å². The number of aliphatic hydroxyl groups is 1. The Hall–Kier alpha value is -1.70. The lowest BCUT2D eigenvalue weighted by Crippen LogP contribution is -2.60. The normalized spacial score (nSPS) is 43.6. The summed E-state index contributed by atoms with van der Waals surface area (Å²) in [6.07, 6.45) is 8.53. The number of fused-ring (bicyclic) bond motifs is 4. The molecule has 1 unspecified atom stereocenters. The van der Waals surface area contributed by atoms with Crippen molar-refractivity contribution >= 4 is 17.5 Å². The number of rotatable bonds is 1. The minimum Gasteiger partial charge on any atom is -0.497 e. The highest BCUT2D eigenvalue weighted by Crippen LogP contribution is 2.73. The summed E-state index contributed by atoms with van der Waals surface area (Å²) >= 11 is 2.01. The van der Waals surface area contributed by atoms with Gasteiger partial charge in [0.15, 0.2) is 5.78 Å². The Balaban J connectivity index is 1.56. The van der Waals surface area contributed by atoms with Gasteiger partial charge in [0.05, 0.1) is 7.11 Å². The topological polar surface area (TPSA) is 46.5 Å². The summed E-state index contributed by atoms with van der Waals surface area (Å²) in [4.78, 5) is 13.7. The zero-order valence-corrected chi connectivity index (χ0v) is 20.1. The van der Waals surface area contributed by atoms with Gasteiger partial charge in [0, 0.05) is 21.5 Å². The largest absolute Gasteiger partial charge is 0.497 e. The lowest BCUT2D eigenvalue weighted by Gasteiger charge is -2.64. The highest BCUT2D eigenvalue weighted by Gasteiger charge is 2.68. The van der Waals surface area contributed by atoms with Crippen LogP contribution in [0.25, 0.3) is 0 Å². The smallest absolute Gasteiger partial charge is 0.155 e. The molecule has 1 aliphatic heterocycles. The number of hydrogen-bond acceptors (Lipinski definition) is 4. The number of ether oxygens (including phenoxy) is 1. The highest BCUT2D eigenvalue weighted by atomic mass is 32.2. The molecule has 4 heteroatoms. The molecule has 0 aromatic heterocycles. The zero-order chi connectivity index (χ0) is 22.3. The molecular weight excluding hydrogens is 416 g/mol. The first-order chi connectivity index (χ1) is 15.3. The Bertz CT molecular complexity index is 1100. The lowest BCUT2D eigenvalue weighted by atomic mass is 9.46. The third-order valence-electron chi connectivity index (χ3n) is 9.79. The summed E-state index contributed by atoms with van der Waals surface area (Å²) in [5, 5.41) is 11.8. The summed E-state index contributed by atoms with van der Waals surface area (Å²) in [5.74, 6) is 9.46. The van der Waals surface area contributed by atoms with Gasteiger partial charge in [0.1, 0.15) is 11.4 Å². The van der Waals surface area contributed by atoms with Crippen LogP contribution in [0.1, 0.15) is 70.3 Å². The molecule has 0 radical (unpaired) electrons. The average Bonchev–Trinajstić information content (AvgIpc) is 3.04. The first-order valence-electron chi connectivity index (χ1n) is 12.1. The fourth-order valence-corrected chi connectivity index (χ4v) is 10.3. The number of methoxy groups -OCH3 is 1. The number of carbonyl (C=O) groups is 1. The van der Waals surface area contributed by atoms with Crippen LogP contribution < -0.4 is 4.74 Å². The quantitative estimate of drug-likeness (QED) is 0.575.